The molecule has 1 nitrogen and oxygen atoms in total. The molecule has 1 heteroatoms. The first-order valence-electron chi connectivity index (χ1n) is 10.9. The molecule has 0 amide bonds. The van der Waals surface area contributed by atoms with E-state index in [0.29, 0.717) is 0 Å². The average molecular weight is 395 g/mol. The highest BCUT2D eigenvalue weighted by Gasteiger charge is 2.26. The minimum atomic E-state index is 0.00381. The molecule has 2 rings (SSSR count). The summed E-state index contributed by atoms with van der Waals surface area (Å²) in [7, 11) is 0. The second-order valence-electron chi connectivity index (χ2n) is 12.5. The van der Waals surface area contributed by atoms with E-state index in [1.165, 1.54) is 22.3 Å². The van der Waals surface area contributed by atoms with E-state index >= 15 is 0 Å². The highest BCUT2D eigenvalue weighted by molar-refractivity contribution is 5.49. The largest absolute Gasteiger partial charge is 0.457 e. The third kappa shape index (κ3) is 5.65. The SMILES string of the molecule is CC(C)(C)c1ccc(Oc2ccc(C(C)(C)C)cc2C(C)(C)C)c(C(C)(C)C)c1. The summed E-state index contributed by atoms with van der Waals surface area (Å²) in [6.45, 7) is 27.1. The summed E-state index contributed by atoms with van der Waals surface area (Å²) in [5.74, 6) is 1.92. The first-order valence-corrected chi connectivity index (χ1v) is 10.9. The molecule has 0 aliphatic rings. The van der Waals surface area contributed by atoms with E-state index < -0.39 is 0 Å². The van der Waals surface area contributed by atoms with E-state index in [2.05, 4.69) is 119 Å². The highest BCUT2D eigenvalue weighted by Crippen LogP contribution is 2.41. The number of rotatable bonds is 2. The number of benzene rings is 2. The van der Waals surface area contributed by atoms with E-state index in [9.17, 15) is 0 Å². The molecule has 0 N–H and O–H groups in total. The second kappa shape index (κ2) is 7.49. The fraction of sp³-hybridized carbons (Fsp3) is 0.571. The normalized spacial score (nSPS) is 13.5. The van der Waals surface area contributed by atoms with Gasteiger partial charge in [-0.1, -0.05) is 107 Å². The molecule has 0 unspecified atom stereocenters. The lowest BCUT2D eigenvalue weighted by molar-refractivity contribution is 0.433. The van der Waals surface area contributed by atoms with Crippen LogP contribution < -0.4 is 4.74 Å². The summed E-state index contributed by atoms with van der Waals surface area (Å²) in [5.41, 5.74) is 5.43. The Kier molecular flexibility index (Phi) is 6.07. The Morgan fingerprint density at radius 3 is 1.00 bits per heavy atom. The van der Waals surface area contributed by atoms with Crippen molar-refractivity contribution in [2.24, 2.45) is 0 Å². The summed E-state index contributed by atoms with van der Waals surface area (Å²) in [6, 6.07) is 13.4. The number of hydrogen-bond donors (Lipinski definition) is 0. The van der Waals surface area contributed by atoms with Crippen molar-refractivity contribution in [1.29, 1.82) is 0 Å². The molecule has 160 valence electrons. The van der Waals surface area contributed by atoms with Crippen molar-refractivity contribution in [2.75, 3.05) is 0 Å². The van der Waals surface area contributed by atoms with Crippen molar-refractivity contribution >= 4 is 0 Å². The molecule has 0 fully saturated rings. The molecule has 0 spiro atoms. The minimum Gasteiger partial charge on any atom is -0.457 e. The lowest BCUT2D eigenvalue weighted by atomic mass is 9.79. The summed E-state index contributed by atoms with van der Waals surface area (Å²) >= 11 is 0. The van der Waals surface area contributed by atoms with Crippen molar-refractivity contribution in [1.82, 2.24) is 0 Å². The lowest BCUT2D eigenvalue weighted by Gasteiger charge is -2.30. The van der Waals surface area contributed by atoms with E-state index in [1.54, 1.807) is 0 Å². The van der Waals surface area contributed by atoms with E-state index in [-0.39, 0.29) is 21.7 Å². The van der Waals surface area contributed by atoms with Gasteiger partial charge in [-0.25, -0.2) is 0 Å². The molecule has 0 aliphatic carbocycles. The number of hydrogen-bond acceptors (Lipinski definition) is 1. The molecule has 0 aromatic heterocycles. The van der Waals surface area contributed by atoms with Crippen LogP contribution in [-0.4, -0.2) is 0 Å². The third-order valence-corrected chi connectivity index (χ3v) is 5.53. The van der Waals surface area contributed by atoms with Crippen LogP contribution >= 0.6 is 0 Å². The maximum atomic E-state index is 6.63. The Morgan fingerprint density at radius 1 is 0.448 bits per heavy atom. The molecule has 0 radical (unpaired) electrons. The zero-order chi connectivity index (χ0) is 22.4. The monoisotopic (exact) mass is 394 g/mol. The van der Waals surface area contributed by atoms with E-state index in [1.807, 2.05) is 0 Å². The zero-order valence-corrected chi connectivity index (χ0v) is 20.9. The van der Waals surface area contributed by atoms with Crippen LogP contribution in [0.25, 0.3) is 0 Å². The fourth-order valence-corrected chi connectivity index (χ4v) is 3.46. The zero-order valence-electron chi connectivity index (χ0n) is 20.9. The van der Waals surface area contributed by atoms with Gasteiger partial charge in [0.05, 0.1) is 0 Å². The molecule has 0 saturated heterocycles. The summed E-state index contributed by atoms with van der Waals surface area (Å²) < 4.78 is 6.63. The summed E-state index contributed by atoms with van der Waals surface area (Å²) in [5, 5.41) is 0. The van der Waals surface area contributed by atoms with Crippen LogP contribution in [0.5, 0.6) is 11.5 Å². The smallest absolute Gasteiger partial charge is 0.131 e. The van der Waals surface area contributed by atoms with Crippen LogP contribution in [-0.2, 0) is 21.7 Å². The minimum absolute atomic E-state index is 0.00381. The van der Waals surface area contributed by atoms with Crippen molar-refractivity contribution in [3.05, 3.63) is 58.7 Å². The van der Waals surface area contributed by atoms with Crippen molar-refractivity contribution in [3.8, 4) is 11.5 Å². The van der Waals surface area contributed by atoms with Gasteiger partial charge >= 0.3 is 0 Å². The molecule has 0 heterocycles. The predicted octanol–water partition coefficient (Wildman–Crippen LogP) is 8.67. The van der Waals surface area contributed by atoms with Crippen molar-refractivity contribution < 1.29 is 4.74 Å². The molecule has 2 aromatic rings. The van der Waals surface area contributed by atoms with Gasteiger partial charge in [0.15, 0.2) is 0 Å². The second-order valence-corrected chi connectivity index (χ2v) is 12.5. The van der Waals surface area contributed by atoms with Gasteiger partial charge in [0.1, 0.15) is 11.5 Å². The molecule has 2 aromatic carbocycles. The standard InChI is InChI=1S/C28H42O/c1-25(2,3)19-13-15-23(21(17-19)27(7,8)9)29-24-16-14-20(26(4,5)6)18-22(24)28(10,11)12/h13-18H,1-12H3. The van der Waals surface area contributed by atoms with Crippen molar-refractivity contribution in [3.63, 3.8) is 0 Å². The number of ether oxygens (including phenoxy) is 1. The Bertz CT molecular complexity index is 786. The maximum Gasteiger partial charge on any atom is 0.131 e. The van der Waals surface area contributed by atoms with Crippen LogP contribution in [0.2, 0.25) is 0 Å². The van der Waals surface area contributed by atoms with Crippen LogP contribution in [0.1, 0.15) is 105 Å². The molecule has 0 bridgehead atoms. The summed E-state index contributed by atoms with van der Waals surface area (Å²) in [6.07, 6.45) is 0. The van der Waals surface area contributed by atoms with Crippen LogP contribution in [0, 0.1) is 0 Å². The van der Waals surface area contributed by atoms with E-state index in [0.717, 1.165) is 11.5 Å². The maximum absolute atomic E-state index is 6.63. The van der Waals surface area contributed by atoms with Gasteiger partial charge in [0.25, 0.3) is 0 Å². The molecule has 0 saturated carbocycles. The van der Waals surface area contributed by atoms with Gasteiger partial charge in [-0.3, -0.25) is 0 Å². The topological polar surface area (TPSA) is 9.23 Å². The van der Waals surface area contributed by atoms with Gasteiger partial charge in [0, 0.05) is 11.1 Å². The fourth-order valence-electron chi connectivity index (χ4n) is 3.46. The summed E-state index contributed by atoms with van der Waals surface area (Å²) in [4.78, 5) is 0. The Morgan fingerprint density at radius 2 is 0.759 bits per heavy atom. The Balaban J connectivity index is 2.62. The van der Waals surface area contributed by atoms with Gasteiger partial charge < -0.3 is 4.74 Å². The molecular formula is C28H42O. The van der Waals surface area contributed by atoms with Gasteiger partial charge in [0.2, 0.25) is 0 Å². The first kappa shape index (κ1) is 23.5. The highest BCUT2D eigenvalue weighted by atomic mass is 16.5. The molecule has 29 heavy (non-hydrogen) atoms. The molecule has 0 atom stereocenters. The lowest BCUT2D eigenvalue weighted by Crippen LogP contribution is -2.19. The van der Waals surface area contributed by atoms with Crippen molar-refractivity contribution in [2.45, 2.75) is 105 Å². The predicted molar refractivity (Wildman–Crippen MR) is 128 cm³/mol. The average Bonchev–Trinajstić information content (AvgIpc) is 2.51. The molecular weight excluding hydrogens is 352 g/mol. The van der Waals surface area contributed by atoms with Crippen LogP contribution in [0.3, 0.4) is 0 Å². The first-order chi connectivity index (χ1) is 12.9. The van der Waals surface area contributed by atoms with Gasteiger partial charge in [-0.15, -0.1) is 0 Å². The Hall–Kier alpha value is -1.76. The Labute approximate surface area is 179 Å². The molecule has 0 aliphatic heterocycles. The quantitative estimate of drug-likeness (QED) is 0.495. The third-order valence-electron chi connectivity index (χ3n) is 5.53. The van der Waals surface area contributed by atoms with Crippen LogP contribution in [0.4, 0.5) is 0 Å². The van der Waals surface area contributed by atoms with Gasteiger partial charge in [-0.05, 0) is 44.9 Å². The van der Waals surface area contributed by atoms with E-state index in [4.69, 9.17) is 4.74 Å². The van der Waals surface area contributed by atoms with Crippen LogP contribution in [0.15, 0.2) is 36.4 Å². The van der Waals surface area contributed by atoms with Gasteiger partial charge in [-0.2, -0.15) is 0 Å².